The largest absolute Gasteiger partial charge is 0.497 e. The zero-order chi connectivity index (χ0) is 15.3. The predicted molar refractivity (Wildman–Crippen MR) is 78.9 cm³/mol. The van der Waals surface area contributed by atoms with Crippen LogP contribution in [0.2, 0.25) is 0 Å². The fourth-order valence-corrected chi connectivity index (χ4v) is 1.96. The van der Waals surface area contributed by atoms with Crippen molar-refractivity contribution in [3.8, 4) is 5.75 Å². The highest BCUT2D eigenvalue weighted by molar-refractivity contribution is 5.99. The summed E-state index contributed by atoms with van der Waals surface area (Å²) in [6.07, 6.45) is 0. The van der Waals surface area contributed by atoms with Crippen molar-refractivity contribution in [2.75, 3.05) is 40.0 Å². The normalized spacial score (nSPS) is 13.9. The minimum atomic E-state index is -1.01. The van der Waals surface area contributed by atoms with Gasteiger partial charge < -0.3 is 25.8 Å². The molecule has 0 saturated carbocycles. The first-order valence-corrected chi connectivity index (χ1v) is 6.34. The predicted octanol–water partition coefficient (Wildman–Crippen LogP) is 0.320. The summed E-state index contributed by atoms with van der Waals surface area (Å²) in [5.74, 6) is 0.227. The average molecular weight is 281 g/mol. The number of hydrogen-bond acceptors (Lipinski definition) is 5. The molecule has 0 aliphatic heterocycles. The zero-order valence-corrected chi connectivity index (χ0v) is 12.4. The molecule has 0 aliphatic rings. The molecule has 6 heteroatoms. The second-order valence-corrected chi connectivity index (χ2v) is 5.37. The number of likely N-dealkylation sites (N-methyl/N-ethyl adjacent to an activating group) is 1. The van der Waals surface area contributed by atoms with Crippen molar-refractivity contribution >= 4 is 11.6 Å². The molecule has 1 aromatic carbocycles. The highest BCUT2D eigenvalue weighted by Crippen LogP contribution is 2.19. The molecule has 0 heterocycles. The molecule has 0 aliphatic carbocycles. The lowest BCUT2D eigenvalue weighted by molar-refractivity contribution is 0.0326. The Morgan fingerprint density at radius 2 is 2.15 bits per heavy atom. The molecular weight excluding hydrogens is 258 g/mol. The van der Waals surface area contributed by atoms with Gasteiger partial charge in [-0.2, -0.15) is 0 Å². The molecule has 0 aromatic heterocycles. The number of nitrogens with zero attached hydrogens (tertiary/aromatic N) is 1. The lowest BCUT2D eigenvalue weighted by Crippen LogP contribution is -2.47. The molecular formula is C14H23N3O3. The van der Waals surface area contributed by atoms with Crippen LogP contribution in [-0.4, -0.2) is 55.8 Å². The third-order valence-corrected chi connectivity index (χ3v) is 2.79. The van der Waals surface area contributed by atoms with Crippen LogP contribution in [0.3, 0.4) is 0 Å². The molecule has 0 radical (unpaired) electrons. The van der Waals surface area contributed by atoms with Crippen molar-refractivity contribution in [3.05, 3.63) is 23.8 Å². The molecule has 1 aromatic rings. The van der Waals surface area contributed by atoms with Crippen molar-refractivity contribution in [3.63, 3.8) is 0 Å². The number of nitrogens with two attached hydrogens (primary N) is 1. The van der Waals surface area contributed by atoms with Gasteiger partial charge in [-0.15, -0.1) is 0 Å². The molecule has 0 saturated heterocycles. The molecule has 112 valence electrons. The van der Waals surface area contributed by atoms with E-state index in [9.17, 15) is 9.90 Å². The molecule has 1 rings (SSSR count). The van der Waals surface area contributed by atoms with Crippen molar-refractivity contribution in [2.24, 2.45) is 0 Å². The fraction of sp³-hybridized carbons (Fsp3) is 0.500. The van der Waals surface area contributed by atoms with E-state index < -0.39 is 5.60 Å². The number of rotatable bonds is 6. The van der Waals surface area contributed by atoms with Gasteiger partial charge in [0.05, 0.1) is 18.3 Å². The Morgan fingerprint density at radius 3 is 2.70 bits per heavy atom. The van der Waals surface area contributed by atoms with Crippen LogP contribution in [0.1, 0.15) is 17.3 Å². The Morgan fingerprint density at radius 1 is 1.50 bits per heavy atom. The second-order valence-electron chi connectivity index (χ2n) is 5.37. The van der Waals surface area contributed by atoms with Crippen molar-refractivity contribution in [1.29, 1.82) is 0 Å². The van der Waals surface area contributed by atoms with Crippen LogP contribution in [0.4, 0.5) is 5.69 Å². The summed E-state index contributed by atoms with van der Waals surface area (Å²) >= 11 is 0. The summed E-state index contributed by atoms with van der Waals surface area (Å²) in [7, 11) is 5.24. The van der Waals surface area contributed by atoms with E-state index in [1.807, 2.05) is 19.0 Å². The number of ether oxygens (including phenoxy) is 1. The van der Waals surface area contributed by atoms with Crippen LogP contribution < -0.4 is 15.8 Å². The standard InChI is InChI=1S/C14H23N3O3/c1-14(19,9-17(2)3)8-16-13(18)11-7-10(20-4)5-6-12(11)15/h5-7,19H,8-9,15H2,1-4H3,(H,16,18). The highest BCUT2D eigenvalue weighted by atomic mass is 16.5. The Bertz CT molecular complexity index is 473. The third kappa shape index (κ3) is 4.71. The van der Waals surface area contributed by atoms with Gasteiger partial charge in [-0.1, -0.05) is 0 Å². The molecule has 0 spiro atoms. The van der Waals surface area contributed by atoms with E-state index in [-0.39, 0.29) is 12.5 Å². The quantitative estimate of drug-likeness (QED) is 0.654. The first kappa shape index (κ1) is 16.3. The highest BCUT2D eigenvalue weighted by Gasteiger charge is 2.23. The molecule has 6 nitrogen and oxygen atoms in total. The van der Waals surface area contributed by atoms with Crippen LogP contribution >= 0.6 is 0 Å². The second kappa shape index (κ2) is 6.58. The van der Waals surface area contributed by atoms with Gasteiger partial charge in [0.1, 0.15) is 5.75 Å². The lowest BCUT2D eigenvalue weighted by Gasteiger charge is -2.27. The van der Waals surface area contributed by atoms with Gasteiger partial charge in [0.25, 0.3) is 5.91 Å². The van der Waals surface area contributed by atoms with E-state index in [0.717, 1.165) is 0 Å². The number of benzene rings is 1. The summed E-state index contributed by atoms with van der Waals surface area (Å²) < 4.78 is 5.07. The fourth-order valence-electron chi connectivity index (χ4n) is 1.96. The van der Waals surface area contributed by atoms with Crippen LogP contribution in [0, 0.1) is 0 Å². The van der Waals surface area contributed by atoms with Gasteiger partial charge in [-0.05, 0) is 39.2 Å². The van der Waals surface area contributed by atoms with Crippen LogP contribution in [0.25, 0.3) is 0 Å². The van der Waals surface area contributed by atoms with Gasteiger partial charge in [-0.3, -0.25) is 4.79 Å². The topological polar surface area (TPSA) is 87.8 Å². The summed E-state index contributed by atoms with van der Waals surface area (Å²) in [5, 5.41) is 12.8. The zero-order valence-electron chi connectivity index (χ0n) is 12.4. The number of methoxy groups -OCH3 is 1. The summed E-state index contributed by atoms with van der Waals surface area (Å²) in [6, 6.07) is 4.88. The van der Waals surface area contributed by atoms with E-state index >= 15 is 0 Å². The number of carbonyl (C=O) groups excluding carboxylic acids is 1. The minimum absolute atomic E-state index is 0.140. The smallest absolute Gasteiger partial charge is 0.253 e. The molecule has 1 atom stereocenters. The number of anilines is 1. The lowest BCUT2D eigenvalue weighted by atomic mass is 10.1. The SMILES string of the molecule is COc1ccc(N)c(C(=O)NCC(C)(O)CN(C)C)c1. The summed E-state index contributed by atoms with van der Waals surface area (Å²) in [4.78, 5) is 13.9. The number of nitrogen functional groups attached to an aromatic ring is 1. The van der Waals surface area contributed by atoms with E-state index in [1.54, 1.807) is 25.1 Å². The summed E-state index contributed by atoms with van der Waals surface area (Å²) in [5.41, 5.74) is 5.48. The van der Waals surface area contributed by atoms with Crippen molar-refractivity contribution < 1.29 is 14.6 Å². The Hall–Kier alpha value is -1.79. The van der Waals surface area contributed by atoms with Gasteiger partial charge in [-0.25, -0.2) is 0 Å². The Labute approximate surface area is 119 Å². The van der Waals surface area contributed by atoms with Gasteiger partial charge in [0, 0.05) is 18.8 Å². The van der Waals surface area contributed by atoms with Crippen LogP contribution in [0.15, 0.2) is 18.2 Å². The third-order valence-electron chi connectivity index (χ3n) is 2.79. The van der Waals surface area contributed by atoms with E-state index in [4.69, 9.17) is 10.5 Å². The number of aliphatic hydroxyl groups is 1. The number of nitrogens with one attached hydrogen (secondary N) is 1. The summed E-state index contributed by atoms with van der Waals surface area (Å²) in [6.45, 7) is 2.25. The molecule has 0 fully saturated rings. The average Bonchev–Trinajstić information content (AvgIpc) is 2.35. The first-order valence-electron chi connectivity index (χ1n) is 6.34. The molecule has 4 N–H and O–H groups in total. The number of carbonyl (C=O) groups is 1. The van der Waals surface area contributed by atoms with E-state index in [1.165, 1.54) is 7.11 Å². The van der Waals surface area contributed by atoms with Gasteiger partial charge >= 0.3 is 0 Å². The minimum Gasteiger partial charge on any atom is -0.497 e. The van der Waals surface area contributed by atoms with Crippen molar-refractivity contribution in [1.82, 2.24) is 10.2 Å². The van der Waals surface area contributed by atoms with Crippen LogP contribution in [-0.2, 0) is 0 Å². The Balaban J connectivity index is 2.72. The first-order chi connectivity index (χ1) is 9.25. The maximum Gasteiger partial charge on any atom is 0.253 e. The maximum absolute atomic E-state index is 12.1. The van der Waals surface area contributed by atoms with E-state index in [2.05, 4.69) is 5.32 Å². The van der Waals surface area contributed by atoms with E-state index in [0.29, 0.717) is 23.5 Å². The maximum atomic E-state index is 12.1. The van der Waals surface area contributed by atoms with Crippen molar-refractivity contribution in [2.45, 2.75) is 12.5 Å². The molecule has 0 bridgehead atoms. The van der Waals surface area contributed by atoms with Gasteiger partial charge in [0.2, 0.25) is 0 Å². The number of amides is 1. The number of hydrogen-bond donors (Lipinski definition) is 3. The van der Waals surface area contributed by atoms with Gasteiger partial charge in [0.15, 0.2) is 0 Å². The molecule has 1 amide bonds. The van der Waals surface area contributed by atoms with Crippen LogP contribution in [0.5, 0.6) is 5.75 Å². The monoisotopic (exact) mass is 281 g/mol. The molecule has 1 unspecified atom stereocenters. The molecule has 20 heavy (non-hydrogen) atoms. The Kier molecular flexibility index (Phi) is 5.35.